The number of rotatable bonds is 4. The summed E-state index contributed by atoms with van der Waals surface area (Å²) in [4.78, 5) is 25.2. The van der Waals surface area contributed by atoms with Crippen LogP contribution in [0.25, 0.3) is 0 Å². The van der Waals surface area contributed by atoms with Crippen molar-refractivity contribution in [1.29, 1.82) is 0 Å². The Hall–Kier alpha value is -2.53. The van der Waals surface area contributed by atoms with Gasteiger partial charge in [0.1, 0.15) is 12.2 Å². The molecule has 0 aliphatic heterocycles. The molecule has 0 aliphatic rings. The number of aryl methyl sites for hydroxylation is 2. The molecule has 0 aliphatic carbocycles. The Morgan fingerprint density at radius 1 is 1.04 bits per heavy atom. The second-order valence-electron chi connectivity index (χ2n) is 5.44. The molecule has 2 aromatic carbocycles. The van der Waals surface area contributed by atoms with Crippen LogP contribution in [-0.2, 0) is 9.59 Å². The van der Waals surface area contributed by atoms with Gasteiger partial charge in [0.05, 0.1) is 10.7 Å². The Morgan fingerprint density at radius 3 is 2.25 bits per heavy atom. The highest BCUT2D eigenvalue weighted by molar-refractivity contribution is 6.33. The number of carbonyl (C=O) groups excluding carboxylic acids is 2. The SMILES string of the molecule is CC(=O)N(C(=O)CN=Nc1ccc(C)cc1Cl)c1ccc(C)cc1. The lowest BCUT2D eigenvalue weighted by Crippen LogP contribution is -2.36. The number of imide groups is 1. The number of azo groups is 1. The Morgan fingerprint density at radius 2 is 1.67 bits per heavy atom. The molecule has 0 aromatic heterocycles. The van der Waals surface area contributed by atoms with E-state index in [0.29, 0.717) is 16.4 Å². The molecule has 0 unspecified atom stereocenters. The van der Waals surface area contributed by atoms with Crippen LogP contribution in [0.15, 0.2) is 52.7 Å². The van der Waals surface area contributed by atoms with E-state index in [2.05, 4.69) is 10.2 Å². The van der Waals surface area contributed by atoms with Gasteiger partial charge in [-0.05, 0) is 43.7 Å². The van der Waals surface area contributed by atoms with Crippen molar-refractivity contribution in [3.63, 3.8) is 0 Å². The minimum absolute atomic E-state index is 0.238. The fourth-order valence-corrected chi connectivity index (χ4v) is 2.40. The predicted octanol–water partition coefficient (Wildman–Crippen LogP) is 4.62. The number of benzene rings is 2. The van der Waals surface area contributed by atoms with Crippen molar-refractivity contribution in [2.75, 3.05) is 11.4 Å². The number of halogens is 1. The Bertz CT molecular complexity index is 785. The molecule has 0 fully saturated rings. The largest absolute Gasteiger partial charge is 0.274 e. The molecule has 0 N–H and O–H groups in total. The number of hydrogen-bond donors (Lipinski definition) is 0. The fourth-order valence-electron chi connectivity index (χ4n) is 2.13. The van der Waals surface area contributed by atoms with E-state index < -0.39 is 5.91 Å². The summed E-state index contributed by atoms with van der Waals surface area (Å²) in [5.74, 6) is -0.814. The van der Waals surface area contributed by atoms with Gasteiger partial charge in [0.25, 0.3) is 5.91 Å². The van der Waals surface area contributed by atoms with Gasteiger partial charge in [-0.3, -0.25) is 9.59 Å². The molecule has 2 amide bonds. The van der Waals surface area contributed by atoms with Crippen molar-refractivity contribution < 1.29 is 9.59 Å². The third kappa shape index (κ3) is 4.49. The topological polar surface area (TPSA) is 62.1 Å². The standard InChI is InChI=1S/C18H18ClN3O2/c1-12-4-7-15(8-5-12)22(14(3)23)18(24)11-20-21-17-9-6-13(2)10-16(17)19/h4-10H,11H2,1-3H3. The number of anilines is 1. The summed E-state index contributed by atoms with van der Waals surface area (Å²) < 4.78 is 0. The van der Waals surface area contributed by atoms with Crippen molar-refractivity contribution in [2.45, 2.75) is 20.8 Å². The molecule has 2 rings (SSSR count). The zero-order valence-electron chi connectivity index (χ0n) is 13.8. The highest BCUT2D eigenvalue weighted by Gasteiger charge is 2.19. The molecule has 0 bridgehead atoms. The lowest BCUT2D eigenvalue weighted by molar-refractivity contribution is -0.124. The summed E-state index contributed by atoms with van der Waals surface area (Å²) >= 11 is 6.07. The first-order valence-corrected chi connectivity index (χ1v) is 7.80. The second kappa shape index (κ2) is 7.84. The molecule has 0 atom stereocenters. The van der Waals surface area contributed by atoms with Gasteiger partial charge in [-0.2, -0.15) is 10.2 Å². The van der Waals surface area contributed by atoms with E-state index in [0.717, 1.165) is 16.0 Å². The Labute approximate surface area is 146 Å². The van der Waals surface area contributed by atoms with Crippen molar-refractivity contribution in [2.24, 2.45) is 10.2 Å². The molecular formula is C18H18ClN3O2. The van der Waals surface area contributed by atoms with E-state index in [1.165, 1.54) is 6.92 Å². The quantitative estimate of drug-likeness (QED) is 0.760. The molecule has 0 spiro atoms. The van der Waals surface area contributed by atoms with E-state index >= 15 is 0 Å². The fraction of sp³-hybridized carbons (Fsp3) is 0.222. The van der Waals surface area contributed by atoms with Gasteiger partial charge < -0.3 is 0 Å². The first-order valence-electron chi connectivity index (χ1n) is 7.42. The Balaban J connectivity index is 2.12. The zero-order chi connectivity index (χ0) is 17.7. The maximum absolute atomic E-state index is 12.3. The van der Waals surface area contributed by atoms with Crippen LogP contribution in [-0.4, -0.2) is 18.4 Å². The Kier molecular flexibility index (Phi) is 5.82. The first kappa shape index (κ1) is 17.8. The van der Waals surface area contributed by atoms with Crippen molar-refractivity contribution in [1.82, 2.24) is 0 Å². The predicted molar refractivity (Wildman–Crippen MR) is 94.9 cm³/mol. The molecular weight excluding hydrogens is 326 g/mol. The molecule has 6 heteroatoms. The van der Waals surface area contributed by atoms with E-state index in [1.54, 1.807) is 24.3 Å². The molecule has 5 nitrogen and oxygen atoms in total. The van der Waals surface area contributed by atoms with Gasteiger partial charge in [0.2, 0.25) is 5.91 Å². The molecule has 0 saturated heterocycles. The lowest BCUT2D eigenvalue weighted by atomic mass is 10.2. The highest BCUT2D eigenvalue weighted by Crippen LogP contribution is 2.25. The normalized spacial score (nSPS) is 10.8. The number of amides is 2. The second-order valence-corrected chi connectivity index (χ2v) is 5.85. The summed E-state index contributed by atoms with van der Waals surface area (Å²) in [6.07, 6.45) is 0. The van der Waals surface area contributed by atoms with Gasteiger partial charge in [-0.25, -0.2) is 4.90 Å². The number of carbonyl (C=O) groups is 2. The van der Waals surface area contributed by atoms with Gasteiger partial charge in [0.15, 0.2) is 0 Å². The van der Waals surface area contributed by atoms with Gasteiger partial charge in [-0.15, -0.1) is 0 Å². The first-order chi connectivity index (χ1) is 11.4. The van der Waals surface area contributed by atoms with Crippen LogP contribution in [0.5, 0.6) is 0 Å². The van der Waals surface area contributed by atoms with E-state index in [4.69, 9.17) is 11.6 Å². The van der Waals surface area contributed by atoms with Gasteiger partial charge in [-0.1, -0.05) is 35.4 Å². The van der Waals surface area contributed by atoms with Crippen LogP contribution >= 0.6 is 11.6 Å². The minimum atomic E-state index is -0.446. The minimum Gasteiger partial charge on any atom is -0.274 e. The third-order valence-corrected chi connectivity index (χ3v) is 3.65. The van der Waals surface area contributed by atoms with Crippen LogP contribution in [0.2, 0.25) is 5.02 Å². The monoisotopic (exact) mass is 343 g/mol. The van der Waals surface area contributed by atoms with E-state index in [-0.39, 0.29) is 12.5 Å². The summed E-state index contributed by atoms with van der Waals surface area (Å²) in [6, 6.07) is 12.5. The van der Waals surface area contributed by atoms with Crippen molar-refractivity contribution in [3.8, 4) is 0 Å². The molecule has 0 saturated carbocycles. The molecule has 124 valence electrons. The molecule has 24 heavy (non-hydrogen) atoms. The summed E-state index contributed by atoms with van der Waals surface area (Å²) in [7, 11) is 0. The maximum atomic E-state index is 12.3. The van der Waals surface area contributed by atoms with Crippen LogP contribution in [0.1, 0.15) is 18.1 Å². The van der Waals surface area contributed by atoms with Crippen molar-refractivity contribution >= 4 is 34.8 Å². The average molecular weight is 344 g/mol. The van der Waals surface area contributed by atoms with Crippen molar-refractivity contribution in [3.05, 3.63) is 58.6 Å². The smallest absolute Gasteiger partial charge is 0.257 e. The number of hydrogen-bond acceptors (Lipinski definition) is 4. The summed E-state index contributed by atoms with van der Waals surface area (Å²) in [5.41, 5.74) is 3.06. The third-order valence-electron chi connectivity index (χ3n) is 3.34. The van der Waals surface area contributed by atoms with Crippen LogP contribution in [0.4, 0.5) is 11.4 Å². The zero-order valence-corrected chi connectivity index (χ0v) is 14.5. The summed E-state index contributed by atoms with van der Waals surface area (Å²) in [5, 5.41) is 8.31. The van der Waals surface area contributed by atoms with Gasteiger partial charge >= 0.3 is 0 Å². The molecule has 0 heterocycles. The molecule has 2 aromatic rings. The molecule has 0 radical (unpaired) electrons. The van der Waals surface area contributed by atoms with Gasteiger partial charge in [0, 0.05) is 6.92 Å². The lowest BCUT2D eigenvalue weighted by Gasteiger charge is -2.18. The highest BCUT2D eigenvalue weighted by atomic mass is 35.5. The summed E-state index contributed by atoms with van der Waals surface area (Å²) in [6.45, 7) is 4.95. The van der Waals surface area contributed by atoms with E-state index in [9.17, 15) is 9.59 Å². The van der Waals surface area contributed by atoms with Crippen LogP contribution in [0, 0.1) is 13.8 Å². The average Bonchev–Trinajstić information content (AvgIpc) is 2.51. The maximum Gasteiger partial charge on any atom is 0.257 e. The van der Waals surface area contributed by atoms with Crippen LogP contribution in [0.3, 0.4) is 0 Å². The van der Waals surface area contributed by atoms with E-state index in [1.807, 2.05) is 32.0 Å². The number of nitrogens with zero attached hydrogens (tertiary/aromatic N) is 3. The van der Waals surface area contributed by atoms with Crippen LogP contribution < -0.4 is 4.90 Å².